The van der Waals surface area contributed by atoms with Gasteiger partial charge in [0.1, 0.15) is 11.5 Å². The van der Waals surface area contributed by atoms with Crippen molar-refractivity contribution in [3.05, 3.63) is 48.0 Å². The lowest BCUT2D eigenvalue weighted by Gasteiger charge is -2.29. The van der Waals surface area contributed by atoms with Crippen molar-refractivity contribution < 1.29 is 4.39 Å². The quantitative estimate of drug-likeness (QED) is 0.834. The first-order valence-electron chi connectivity index (χ1n) is 7.19. The van der Waals surface area contributed by atoms with E-state index in [1.165, 1.54) is 25.3 Å². The molecule has 106 valence electrons. The van der Waals surface area contributed by atoms with Gasteiger partial charge in [-0.25, -0.2) is 9.07 Å². The Morgan fingerprint density at radius 1 is 1.35 bits per heavy atom. The molecule has 0 spiro atoms. The summed E-state index contributed by atoms with van der Waals surface area (Å²) in [4.78, 5) is 2.33. The molecule has 1 saturated carbocycles. The Morgan fingerprint density at radius 2 is 2.15 bits per heavy atom. The lowest BCUT2D eigenvalue weighted by atomic mass is 9.85. The van der Waals surface area contributed by atoms with E-state index in [0.29, 0.717) is 5.69 Å². The van der Waals surface area contributed by atoms with E-state index < -0.39 is 0 Å². The Morgan fingerprint density at radius 3 is 2.85 bits per heavy atom. The molecule has 0 radical (unpaired) electrons. The van der Waals surface area contributed by atoms with Crippen LogP contribution in [0.5, 0.6) is 0 Å². The average Bonchev–Trinajstić information content (AvgIpc) is 2.83. The Labute approximate surface area is 119 Å². The minimum Gasteiger partial charge on any atom is -0.302 e. The van der Waals surface area contributed by atoms with Gasteiger partial charge in [-0.3, -0.25) is 0 Å². The molecule has 20 heavy (non-hydrogen) atoms. The first-order chi connectivity index (χ1) is 9.72. The van der Waals surface area contributed by atoms with Crippen molar-refractivity contribution >= 4 is 0 Å². The summed E-state index contributed by atoms with van der Waals surface area (Å²) in [5.74, 6) is 0.617. The van der Waals surface area contributed by atoms with E-state index in [9.17, 15) is 4.39 Å². The van der Waals surface area contributed by atoms with Crippen LogP contribution in [0, 0.1) is 11.7 Å². The van der Waals surface area contributed by atoms with Crippen molar-refractivity contribution in [2.45, 2.75) is 25.8 Å². The van der Waals surface area contributed by atoms with Gasteiger partial charge in [0.2, 0.25) is 0 Å². The smallest absolute Gasteiger partial charge is 0.148 e. The van der Waals surface area contributed by atoms with Crippen LogP contribution in [0.3, 0.4) is 0 Å². The molecule has 0 unspecified atom stereocenters. The number of halogens is 1. The fraction of sp³-hybridized carbons (Fsp3) is 0.438. The largest absolute Gasteiger partial charge is 0.302 e. The zero-order chi connectivity index (χ0) is 13.9. The van der Waals surface area contributed by atoms with E-state index in [1.54, 1.807) is 16.8 Å². The van der Waals surface area contributed by atoms with Crippen molar-refractivity contribution in [2.75, 3.05) is 13.6 Å². The van der Waals surface area contributed by atoms with E-state index in [1.807, 2.05) is 18.5 Å². The van der Waals surface area contributed by atoms with Gasteiger partial charge in [0.05, 0.1) is 6.20 Å². The summed E-state index contributed by atoms with van der Waals surface area (Å²) in [7, 11) is 2.14. The van der Waals surface area contributed by atoms with Crippen molar-refractivity contribution in [3.63, 3.8) is 0 Å². The van der Waals surface area contributed by atoms with Gasteiger partial charge in [-0.15, -0.1) is 0 Å². The number of rotatable bonds is 5. The number of hydrogen-bond acceptors (Lipinski definition) is 2. The highest BCUT2D eigenvalue weighted by Gasteiger charge is 2.19. The molecular weight excluding hydrogens is 253 g/mol. The molecule has 0 bridgehead atoms. The molecule has 0 aliphatic heterocycles. The summed E-state index contributed by atoms with van der Waals surface area (Å²) in [5, 5.41) is 4.26. The molecule has 2 aromatic rings. The summed E-state index contributed by atoms with van der Waals surface area (Å²) < 4.78 is 15.3. The fourth-order valence-corrected chi connectivity index (χ4v) is 2.70. The number of para-hydroxylation sites is 1. The second-order valence-corrected chi connectivity index (χ2v) is 5.74. The number of benzene rings is 1. The van der Waals surface area contributed by atoms with Gasteiger partial charge >= 0.3 is 0 Å². The Bertz CT molecular complexity index is 575. The Hall–Kier alpha value is -1.68. The molecule has 4 heteroatoms. The van der Waals surface area contributed by atoms with Crippen LogP contribution in [0.15, 0.2) is 36.7 Å². The van der Waals surface area contributed by atoms with E-state index >= 15 is 0 Å². The molecule has 0 saturated heterocycles. The normalized spacial score (nSPS) is 15.6. The average molecular weight is 273 g/mol. The molecule has 0 N–H and O–H groups in total. The van der Waals surface area contributed by atoms with Crippen LogP contribution in [0.4, 0.5) is 4.39 Å². The summed E-state index contributed by atoms with van der Waals surface area (Å²) in [5.41, 5.74) is 1.62. The number of aromatic nitrogens is 2. The highest BCUT2D eigenvalue weighted by atomic mass is 19.1. The lowest BCUT2D eigenvalue weighted by Crippen LogP contribution is -2.28. The molecule has 0 amide bonds. The third kappa shape index (κ3) is 2.90. The zero-order valence-electron chi connectivity index (χ0n) is 11.8. The van der Waals surface area contributed by atoms with Crippen molar-refractivity contribution in [2.24, 2.45) is 5.92 Å². The van der Waals surface area contributed by atoms with E-state index in [0.717, 1.165) is 24.6 Å². The van der Waals surface area contributed by atoms with Gasteiger partial charge < -0.3 is 4.90 Å². The maximum absolute atomic E-state index is 13.7. The standard InChI is InChI=1S/C16H20FN3/c1-19(10-13-5-4-6-13)11-14-9-18-20(12-14)16-8-3-2-7-15(16)17/h2-3,7-9,12-13H,4-6,10-11H2,1H3. The van der Waals surface area contributed by atoms with Crippen LogP contribution < -0.4 is 0 Å². The van der Waals surface area contributed by atoms with Gasteiger partial charge in [0.15, 0.2) is 0 Å². The molecule has 1 aliphatic rings. The second kappa shape index (κ2) is 5.75. The van der Waals surface area contributed by atoms with Gasteiger partial charge in [0, 0.05) is 24.8 Å². The molecule has 1 aromatic heterocycles. The van der Waals surface area contributed by atoms with Gasteiger partial charge in [-0.05, 0) is 37.9 Å². The third-order valence-corrected chi connectivity index (χ3v) is 3.98. The third-order valence-electron chi connectivity index (χ3n) is 3.98. The minimum absolute atomic E-state index is 0.245. The first kappa shape index (κ1) is 13.3. The van der Waals surface area contributed by atoms with Crippen LogP contribution in [0.2, 0.25) is 0 Å². The lowest BCUT2D eigenvalue weighted by molar-refractivity contribution is 0.200. The molecule has 1 heterocycles. The fourth-order valence-electron chi connectivity index (χ4n) is 2.70. The highest BCUT2D eigenvalue weighted by Crippen LogP contribution is 2.27. The zero-order valence-corrected chi connectivity index (χ0v) is 11.8. The molecule has 3 rings (SSSR count). The molecular formula is C16H20FN3. The molecule has 1 fully saturated rings. The van der Waals surface area contributed by atoms with Crippen molar-refractivity contribution in [1.82, 2.24) is 14.7 Å². The Balaban J connectivity index is 1.66. The summed E-state index contributed by atoms with van der Waals surface area (Å²) in [6.07, 6.45) is 7.83. The van der Waals surface area contributed by atoms with Crippen molar-refractivity contribution in [3.8, 4) is 5.69 Å². The molecule has 3 nitrogen and oxygen atoms in total. The molecule has 1 aliphatic carbocycles. The molecule has 1 aromatic carbocycles. The van der Waals surface area contributed by atoms with Crippen molar-refractivity contribution in [1.29, 1.82) is 0 Å². The molecule has 0 atom stereocenters. The van der Waals surface area contributed by atoms with Crippen LogP contribution >= 0.6 is 0 Å². The highest BCUT2D eigenvalue weighted by molar-refractivity contribution is 5.32. The minimum atomic E-state index is -0.245. The summed E-state index contributed by atoms with van der Waals surface area (Å²) in [6, 6.07) is 6.71. The van der Waals surface area contributed by atoms with Gasteiger partial charge in [-0.1, -0.05) is 18.6 Å². The van der Waals surface area contributed by atoms with Gasteiger partial charge in [-0.2, -0.15) is 5.10 Å². The summed E-state index contributed by atoms with van der Waals surface area (Å²) in [6.45, 7) is 2.01. The summed E-state index contributed by atoms with van der Waals surface area (Å²) >= 11 is 0. The van der Waals surface area contributed by atoms with E-state index in [4.69, 9.17) is 0 Å². The van der Waals surface area contributed by atoms with Gasteiger partial charge in [0.25, 0.3) is 0 Å². The maximum atomic E-state index is 13.7. The first-order valence-corrected chi connectivity index (χ1v) is 7.19. The Kier molecular flexibility index (Phi) is 3.83. The van der Waals surface area contributed by atoms with Crippen LogP contribution in [0.25, 0.3) is 5.69 Å². The predicted octanol–water partition coefficient (Wildman–Crippen LogP) is 3.24. The topological polar surface area (TPSA) is 21.1 Å². The maximum Gasteiger partial charge on any atom is 0.148 e. The number of hydrogen-bond donors (Lipinski definition) is 0. The number of nitrogens with zero attached hydrogens (tertiary/aromatic N) is 3. The van der Waals surface area contributed by atoms with Crippen LogP contribution in [-0.4, -0.2) is 28.3 Å². The van der Waals surface area contributed by atoms with E-state index in [2.05, 4.69) is 17.0 Å². The second-order valence-electron chi connectivity index (χ2n) is 5.74. The van der Waals surface area contributed by atoms with Crippen LogP contribution in [0.1, 0.15) is 24.8 Å². The monoisotopic (exact) mass is 273 g/mol. The van der Waals surface area contributed by atoms with Crippen LogP contribution in [-0.2, 0) is 6.54 Å². The predicted molar refractivity (Wildman–Crippen MR) is 77.2 cm³/mol. The SMILES string of the molecule is CN(Cc1cnn(-c2ccccc2F)c1)CC1CCC1. The van der Waals surface area contributed by atoms with E-state index in [-0.39, 0.29) is 5.82 Å².